The molecule has 0 unspecified atom stereocenters. The predicted octanol–water partition coefficient (Wildman–Crippen LogP) is 3.98. The highest BCUT2D eigenvalue weighted by Crippen LogP contribution is 2.27. The fourth-order valence-corrected chi connectivity index (χ4v) is 4.67. The van der Waals surface area contributed by atoms with Crippen molar-refractivity contribution in [3.05, 3.63) is 77.7 Å². The van der Waals surface area contributed by atoms with E-state index in [1.165, 1.54) is 5.56 Å². The minimum absolute atomic E-state index is 0.322. The van der Waals surface area contributed by atoms with Gasteiger partial charge in [0.2, 0.25) is 0 Å². The number of rotatable bonds is 7. The van der Waals surface area contributed by atoms with Gasteiger partial charge in [-0.15, -0.1) is 0 Å². The van der Waals surface area contributed by atoms with Crippen LogP contribution in [0.2, 0.25) is 0 Å². The lowest BCUT2D eigenvalue weighted by molar-refractivity contribution is 0.409. The van der Waals surface area contributed by atoms with Crippen molar-refractivity contribution in [2.75, 3.05) is 20.6 Å². The van der Waals surface area contributed by atoms with Gasteiger partial charge in [0.05, 0.1) is 22.4 Å². The lowest BCUT2D eigenvalue weighted by Crippen LogP contribution is -2.25. The van der Waals surface area contributed by atoms with Crippen molar-refractivity contribution in [2.45, 2.75) is 30.5 Å². The summed E-state index contributed by atoms with van der Waals surface area (Å²) in [5.74, 6) is 0.576. The van der Waals surface area contributed by atoms with Gasteiger partial charge in [0, 0.05) is 31.4 Å². The Morgan fingerprint density at radius 3 is 2.36 bits per heavy atom. The van der Waals surface area contributed by atoms with Crippen molar-refractivity contribution in [1.82, 2.24) is 15.4 Å². The first-order valence-electron chi connectivity index (χ1n) is 10.8. The van der Waals surface area contributed by atoms with Crippen molar-refractivity contribution in [3.8, 4) is 11.3 Å². The monoisotopic (exact) mass is 464 g/mol. The van der Waals surface area contributed by atoms with E-state index < -0.39 is 15.1 Å². The summed E-state index contributed by atoms with van der Waals surface area (Å²) in [7, 11) is 0.575. The minimum atomic E-state index is -3.31. The van der Waals surface area contributed by atoms with Crippen molar-refractivity contribution >= 4 is 21.2 Å². The molecule has 2 aromatic carbocycles. The van der Waals surface area contributed by atoms with Crippen LogP contribution in [0.5, 0.6) is 0 Å². The van der Waals surface area contributed by atoms with E-state index in [0.29, 0.717) is 22.9 Å². The van der Waals surface area contributed by atoms with Gasteiger partial charge in [-0.25, -0.2) is 13.4 Å². The molecule has 0 aliphatic carbocycles. The molecule has 0 saturated heterocycles. The van der Waals surface area contributed by atoms with Gasteiger partial charge in [-0.2, -0.15) is 0 Å². The van der Waals surface area contributed by atoms with Crippen molar-refractivity contribution < 1.29 is 12.9 Å². The number of likely N-dealkylation sites (N-methyl/N-ethyl adjacent to an activating group) is 1. The highest BCUT2D eigenvalue weighted by Gasteiger charge is 2.21. The number of hydrogen-bond acceptors (Lipinski definition) is 7. The SMILES string of the molecule is CNCc1ccc(-c2cc(C3=CN(C)CC(c4ccc(S(=O)(=O)C(C)C)cc4)=N3)on2)cc1. The normalized spacial score (nSPS) is 14.4. The van der Waals surface area contributed by atoms with Crippen molar-refractivity contribution in [2.24, 2.45) is 4.99 Å². The second-order valence-corrected chi connectivity index (χ2v) is 10.9. The van der Waals surface area contributed by atoms with E-state index in [9.17, 15) is 8.42 Å². The Kier molecular flexibility index (Phi) is 6.49. The van der Waals surface area contributed by atoms with E-state index in [1.807, 2.05) is 55.5 Å². The van der Waals surface area contributed by atoms with Gasteiger partial charge in [-0.1, -0.05) is 41.6 Å². The molecule has 0 amide bonds. The van der Waals surface area contributed by atoms with Crippen LogP contribution < -0.4 is 5.32 Å². The molecular formula is C25H28N4O3S. The molecule has 8 heteroatoms. The van der Waals surface area contributed by atoms with E-state index in [-0.39, 0.29) is 0 Å². The maximum absolute atomic E-state index is 12.4. The number of sulfone groups is 1. The highest BCUT2D eigenvalue weighted by atomic mass is 32.2. The molecular weight excluding hydrogens is 436 g/mol. The molecule has 0 radical (unpaired) electrons. The van der Waals surface area contributed by atoms with Crippen LogP contribution in [-0.4, -0.2) is 50.1 Å². The molecule has 0 fully saturated rings. The van der Waals surface area contributed by atoms with Crippen LogP contribution >= 0.6 is 0 Å². The Bertz CT molecular complexity index is 1290. The summed E-state index contributed by atoms with van der Waals surface area (Å²) in [5, 5.41) is 6.90. The maximum atomic E-state index is 12.4. The average Bonchev–Trinajstić information content (AvgIpc) is 3.30. The van der Waals surface area contributed by atoms with E-state index in [4.69, 9.17) is 9.52 Å². The van der Waals surface area contributed by atoms with Crippen LogP contribution in [-0.2, 0) is 16.4 Å². The van der Waals surface area contributed by atoms with Gasteiger partial charge in [0.15, 0.2) is 15.6 Å². The Balaban J connectivity index is 1.59. The minimum Gasteiger partial charge on any atom is -0.373 e. The molecule has 0 bridgehead atoms. The topological polar surface area (TPSA) is 87.8 Å². The predicted molar refractivity (Wildman–Crippen MR) is 131 cm³/mol. The summed E-state index contributed by atoms with van der Waals surface area (Å²) in [6.45, 7) is 4.78. The summed E-state index contributed by atoms with van der Waals surface area (Å²) >= 11 is 0. The zero-order valence-electron chi connectivity index (χ0n) is 19.2. The molecule has 33 heavy (non-hydrogen) atoms. The molecule has 4 rings (SSSR count). The molecule has 0 spiro atoms. The Morgan fingerprint density at radius 1 is 1.06 bits per heavy atom. The van der Waals surface area contributed by atoms with E-state index in [2.05, 4.69) is 22.6 Å². The van der Waals surface area contributed by atoms with Gasteiger partial charge >= 0.3 is 0 Å². The summed E-state index contributed by atoms with van der Waals surface area (Å²) in [6.07, 6.45) is 1.92. The molecule has 1 aliphatic rings. The van der Waals surface area contributed by atoms with Gasteiger partial charge in [-0.05, 0) is 44.2 Å². The second kappa shape index (κ2) is 9.33. The number of benzene rings is 2. The van der Waals surface area contributed by atoms with Gasteiger partial charge in [0.25, 0.3) is 0 Å². The molecule has 3 aromatic rings. The van der Waals surface area contributed by atoms with Gasteiger partial charge < -0.3 is 14.7 Å². The fourth-order valence-electron chi connectivity index (χ4n) is 3.61. The lowest BCUT2D eigenvalue weighted by atomic mass is 10.1. The van der Waals surface area contributed by atoms with E-state index in [0.717, 1.165) is 29.1 Å². The molecule has 172 valence electrons. The number of nitrogens with zero attached hydrogens (tertiary/aromatic N) is 3. The molecule has 1 aromatic heterocycles. The summed E-state index contributed by atoms with van der Waals surface area (Å²) in [5.41, 5.74) is 5.29. The highest BCUT2D eigenvalue weighted by molar-refractivity contribution is 7.92. The van der Waals surface area contributed by atoms with Crippen LogP contribution in [0.25, 0.3) is 17.0 Å². The summed E-state index contributed by atoms with van der Waals surface area (Å²) in [6, 6.07) is 17.0. The van der Waals surface area contributed by atoms with Gasteiger partial charge in [0.1, 0.15) is 11.4 Å². The summed E-state index contributed by atoms with van der Waals surface area (Å²) in [4.78, 5) is 7.13. The first kappa shape index (κ1) is 22.9. The van der Waals surface area contributed by atoms with Crippen LogP contribution in [0, 0.1) is 0 Å². The molecule has 0 atom stereocenters. The smallest absolute Gasteiger partial charge is 0.187 e. The van der Waals surface area contributed by atoms with Crippen LogP contribution in [0.4, 0.5) is 0 Å². The quantitative estimate of drug-likeness (QED) is 0.569. The molecule has 1 N–H and O–H groups in total. The summed E-state index contributed by atoms with van der Waals surface area (Å²) < 4.78 is 30.4. The third-order valence-corrected chi connectivity index (χ3v) is 7.70. The molecule has 7 nitrogen and oxygen atoms in total. The number of hydrogen-bond donors (Lipinski definition) is 1. The number of aromatic nitrogens is 1. The zero-order chi connectivity index (χ0) is 23.6. The molecule has 2 heterocycles. The van der Waals surface area contributed by atoms with Gasteiger partial charge in [-0.3, -0.25) is 0 Å². The Hall–Kier alpha value is -3.23. The Morgan fingerprint density at radius 2 is 1.73 bits per heavy atom. The fraction of sp³-hybridized carbons (Fsp3) is 0.280. The standard InChI is InChI=1S/C25H28N4O3S/c1-17(2)33(30,31)21-11-9-20(10-12-21)23-15-29(4)16-24(27-23)25-13-22(28-32-25)19-7-5-18(6-8-19)14-26-3/h5-13,16-17,26H,14-15H2,1-4H3. The van der Waals surface area contributed by atoms with Crippen molar-refractivity contribution in [3.63, 3.8) is 0 Å². The third kappa shape index (κ3) is 4.91. The molecule has 1 aliphatic heterocycles. The van der Waals surface area contributed by atoms with E-state index >= 15 is 0 Å². The second-order valence-electron chi connectivity index (χ2n) is 8.41. The average molecular weight is 465 g/mol. The van der Waals surface area contributed by atoms with Crippen LogP contribution in [0.15, 0.2) is 75.2 Å². The number of nitrogens with one attached hydrogen (secondary N) is 1. The van der Waals surface area contributed by atoms with E-state index in [1.54, 1.807) is 26.0 Å². The van der Waals surface area contributed by atoms with Crippen LogP contribution in [0.3, 0.4) is 0 Å². The number of aliphatic imine (C=N–C) groups is 1. The first-order valence-corrected chi connectivity index (χ1v) is 12.4. The zero-order valence-corrected chi connectivity index (χ0v) is 20.1. The Labute approximate surface area is 194 Å². The first-order chi connectivity index (χ1) is 15.8. The lowest BCUT2D eigenvalue weighted by Gasteiger charge is -2.21. The maximum Gasteiger partial charge on any atom is 0.187 e. The molecule has 0 saturated carbocycles. The van der Waals surface area contributed by atoms with Crippen molar-refractivity contribution in [1.29, 1.82) is 0 Å². The largest absolute Gasteiger partial charge is 0.373 e. The van der Waals surface area contributed by atoms with Crippen LogP contribution in [0.1, 0.15) is 30.7 Å². The third-order valence-electron chi connectivity index (χ3n) is 5.53.